The number of hydrogen-bond donors (Lipinski definition) is 0. The van der Waals surface area contributed by atoms with E-state index >= 15 is 0 Å². The number of nitrogens with zero attached hydrogens (tertiary/aromatic N) is 1. The molecule has 3 nitrogen and oxygen atoms in total. The maximum Gasteiger partial charge on any atom is 0.226 e. The second-order valence-electron chi connectivity index (χ2n) is 4.03. The number of carbonyl (C=O) groups is 2. The first-order valence-corrected chi connectivity index (χ1v) is 5.04. The van der Waals surface area contributed by atoms with Gasteiger partial charge < -0.3 is 4.90 Å². The molecule has 1 atom stereocenters. The van der Waals surface area contributed by atoms with Gasteiger partial charge in [0.2, 0.25) is 5.91 Å². The molecule has 0 bridgehead atoms. The highest BCUT2D eigenvalue weighted by Gasteiger charge is 2.56. The normalized spacial score (nSPS) is 32.8. The Labute approximate surface area is 78.1 Å². The summed E-state index contributed by atoms with van der Waals surface area (Å²) in [7, 11) is 0. The lowest BCUT2D eigenvalue weighted by Gasteiger charge is -2.53. The van der Waals surface area contributed by atoms with Crippen molar-refractivity contribution in [3.05, 3.63) is 0 Å². The van der Waals surface area contributed by atoms with Gasteiger partial charge in [-0.1, -0.05) is 13.3 Å². The average Bonchev–Trinajstić information content (AvgIpc) is 2.09. The van der Waals surface area contributed by atoms with Crippen LogP contribution in [0.15, 0.2) is 0 Å². The summed E-state index contributed by atoms with van der Waals surface area (Å²) in [6.45, 7) is 2.86. The van der Waals surface area contributed by atoms with Crippen LogP contribution in [0, 0.1) is 0 Å². The first-order chi connectivity index (χ1) is 6.20. The van der Waals surface area contributed by atoms with E-state index < -0.39 is 0 Å². The Bertz CT molecular complexity index is 262. The summed E-state index contributed by atoms with van der Waals surface area (Å²) < 4.78 is 0. The molecule has 0 aromatic heterocycles. The molecular formula is C10H15NO2. The highest BCUT2D eigenvalue weighted by Crippen LogP contribution is 2.40. The van der Waals surface area contributed by atoms with Gasteiger partial charge in [0.25, 0.3) is 0 Å². The molecule has 13 heavy (non-hydrogen) atoms. The number of ketones is 1. The zero-order valence-corrected chi connectivity index (χ0v) is 8.01. The maximum absolute atomic E-state index is 11.7. The maximum atomic E-state index is 11.7. The van der Waals surface area contributed by atoms with Gasteiger partial charge in [-0.25, -0.2) is 0 Å². The summed E-state index contributed by atoms with van der Waals surface area (Å²) in [4.78, 5) is 24.8. The Hall–Kier alpha value is -0.860. The predicted molar refractivity (Wildman–Crippen MR) is 48.2 cm³/mol. The van der Waals surface area contributed by atoms with Crippen LogP contribution in [-0.4, -0.2) is 28.7 Å². The highest BCUT2D eigenvalue weighted by molar-refractivity contribution is 6.03. The van der Waals surface area contributed by atoms with Gasteiger partial charge in [-0.05, 0) is 12.8 Å². The number of hydrogen-bond acceptors (Lipinski definition) is 2. The number of rotatable bonds is 2. The highest BCUT2D eigenvalue weighted by atomic mass is 16.2. The van der Waals surface area contributed by atoms with Crippen molar-refractivity contribution >= 4 is 11.7 Å². The molecule has 72 valence electrons. The van der Waals surface area contributed by atoms with Gasteiger partial charge in [0.15, 0.2) is 5.78 Å². The van der Waals surface area contributed by atoms with Gasteiger partial charge in [-0.15, -0.1) is 0 Å². The third-order valence-electron chi connectivity index (χ3n) is 3.23. The van der Waals surface area contributed by atoms with Gasteiger partial charge >= 0.3 is 0 Å². The molecule has 2 aliphatic heterocycles. The summed E-state index contributed by atoms with van der Waals surface area (Å²) in [6.07, 6.45) is 3.84. The van der Waals surface area contributed by atoms with Crippen molar-refractivity contribution in [1.29, 1.82) is 0 Å². The van der Waals surface area contributed by atoms with Gasteiger partial charge in [-0.3, -0.25) is 9.59 Å². The van der Waals surface area contributed by atoms with E-state index in [-0.39, 0.29) is 11.4 Å². The standard InChI is InChI=1S/C10H15NO2/c1-2-5-10-7-9(13)11(10)6-3-4-8(10)12/h2-7H2,1H3/t10-/m1/s1. The molecule has 0 aliphatic carbocycles. The summed E-state index contributed by atoms with van der Waals surface area (Å²) in [5.74, 6) is 0.460. The zero-order valence-electron chi connectivity index (χ0n) is 8.01. The first-order valence-electron chi connectivity index (χ1n) is 5.04. The van der Waals surface area contributed by atoms with Gasteiger partial charge in [0.1, 0.15) is 5.54 Å². The number of piperidine rings is 1. The molecule has 2 heterocycles. The van der Waals surface area contributed by atoms with Crippen molar-refractivity contribution in [3.63, 3.8) is 0 Å². The molecule has 0 saturated carbocycles. The summed E-state index contributed by atoms with van der Waals surface area (Å²) in [5.41, 5.74) is -0.357. The molecule has 0 radical (unpaired) electrons. The molecule has 0 aromatic carbocycles. The third-order valence-corrected chi connectivity index (χ3v) is 3.23. The lowest BCUT2D eigenvalue weighted by Crippen LogP contribution is -2.69. The van der Waals surface area contributed by atoms with Crippen LogP contribution in [-0.2, 0) is 9.59 Å². The quantitative estimate of drug-likeness (QED) is 0.599. The van der Waals surface area contributed by atoms with Crippen molar-refractivity contribution in [3.8, 4) is 0 Å². The fourth-order valence-corrected chi connectivity index (χ4v) is 2.58. The molecule has 2 rings (SSSR count). The van der Waals surface area contributed by atoms with Crippen LogP contribution in [0.3, 0.4) is 0 Å². The molecule has 1 amide bonds. The van der Waals surface area contributed by atoms with Crippen LogP contribution in [0.25, 0.3) is 0 Å². The molecule has 2 saturated heterocycles. The van der Waals surface area contributed by atoms with Crippen LogP contribution in [0.4, 0.5) is 0 Å². The lowest BCUT2D eigenvalue weighted by atomic mass is 9.72. The number of amides is 1. The molecule has 0 spiro atoms. The van der Waals surface area contributed by atoms with Crippen molar-refractivity contribution in [2.75, 3.05) is 6.54 Å². The Morgan fingerprint density at radius 2 is 2.23 bits per heavy atom. The number of fused-ring (bicyclic) bond motifs is 1. The van der Waals surface area contributed by atoms with E-state index in [1.54, 1.807) is 4.90 Å². The number of Topliss-reactive ketones (excluding diaryl/α,β-unsaturated/α-hetero) is 1. The molecule has 3 heteroatoms. The van der Waals surface area contributed by atoms with E-state index in [0.717, 1.165) is 25.8 Å². The number of carbonyl (C=O) groups excluding carboxylic acids is 2. The van der Waals surface area contributed by atoms with E-state index in [1.165, 1.54) is 0 Å². The second-order valence-corrected chi connectivity index (χ2v) is 4.03. The lowest BCUT2D eigenvalue weighted by molar-refractivity contribution is -0.170. The van der Waals surface area contributed by atoms with E-state index in [2.05, 4.69) is 6.92 Å². The number of β-lactam (4-membered cyclic amide) rings is 1. The SMILES string of the molecule is CCC[C@]12CC(=O)N1CCCC2=O. The minimum atomic E-state index is -0.357. The van der Waals surface area contributed by atoms with Crippen molar-refractivity contribution in [1.82, 2.24) is 4.90 Å². The van der Waals surface area contributed by atoms with E-state index in [4.69, 9.17) is 0 Å². The molecule has 0 N–H and O–H groups in total. The average molecular weight is 181 g/mol. The fraction of sp³-hybridized carbons (Fsp3) is 0.800. The van der Waals surface area contributed by atoms with E-state index in [0.29, 0.717) is 18.6 Å². The van der Waals surface area contributed by atoms with Gasteiger partial charge in [-0.2, -0.15) is 0 Å². The summed E-state index contributed by atoms with van der Waals surface area (Å²) >= 11 is 0. The van der Waals surface area contributed by atoms with Crippen LogP contribution >= 0.6 is 0 Å². The molecular weight excluding hydrogens is 166 g/mol. The van der Waals surface area contributed by atoms with Crippen LogP contribution in [0.5, 0.6) is 0 Å². The molecule has 0 unspecified atom stereocenters. The molecule has 2 aliphatic rings. The predicted octanol–water partition coefficient (Wildman–Crippen LogP) is 1.12. The smallest absolute Gasteiger partial charge is 0.226 e. The minimum Gasteiger partial charge on any atom is -0.329 e. The van der Waals surface area contributed by atoms with Crippen molar-refractivity contribution < 1.29 is 9.59 Å². The van der Waals surface area contributed by atoms with Crippen LogP contribution in [0.2, 0.25) is 0 Å². The van der Waals surface area contributed by atoms with Gasteiger partial charge in [0.05, 0.1) is 6.42 Å². The third kappa shape index (κ3) is 1.02. The largest absolute Gasteiger partial charge is 0.329 e. The van der Waals surface area contributed by atoms with Gasteiger partial charge in [0, 0.05) is 13.0 Å². The fourth-order valence-electron chi connectivity index (χ4n) is 2.58. The van der Waals surface area contributed by atoms with Crippen molar-refractivity contribution in [2.24, 2.45) is 0 Å². The van der Waals surface area contributed by atoms with Crippen LogP contribution in [0.1, 0.15) is 39.0 Å². The van der Waals surface area contributed by atoms with E-state index in [1.807, 2.05) is 0 Å². The van der Waals surface area contributed by atoms with Crippen LogP contribution < -0.4 is 0 Å². The topological polar surface area (TPSA) is 37.4 Å². The second kappa shape index (κ2) is 2.82. The first kappa shape index (κ1) is 8.73. The molecule has 0 aromatic rings. The zero-order chi connectivity index (χ0) is 9.47. The van der Waals surface area contributed by atoms with E-state index in [9.17, 15) is 9.59 Å². The van der Waals surface area contributed by atoms with Crippen molar-refractivity contribution in [2.45, 2.75) is 44.6 Å². The Morgan fingerprint density at radius 1 is 1.46 bits per heavy atom. The Kier molecular flexibility index (Phi) is 1.90. The Balaban J connectivity index is 2.21. The summed E-state index contributed by atoms with van der Waals surface area (Å²) in [5, 5.41) is 0. The monoisotopic (exact) mass is 181 g/mol. The minimum absolute atomic E-state index is 0.168. The molecule has 2 fully saturated rings. The Morgan fingerprint density at radius 3 is 2.85 bits per heavy atom. The summed E-state index contributed by atoms with van der Waals surface area (Å²) in [6, 6.07) is 0.